The molecule has 0 aromatic carbocycles. The van der Waals surface area contributed by atoms with Crippen LogP contribution in [0.2, 0.25) is 0 Å². The number of halogens is 1. The SMILES string of the molecule is CCOC(=O)[C@H](F)ON1C(=O)N2CC1C=C(C)[C@H]2C(=O)NC1COC1. The molecule has 2 fully saturated rings. The second-order valence-corrected chi connectivity index (χ2v) is 6.06. The van der Waals surface area contributed by atoms with Gasteiger partial charge in [0.2, 0.25) is 5.91 Å². The van der Waals surface area contributed by atoms with Crippen molar-refractivity contribution in [3.8, 4) is 0 Å². The average Bonchev–Trinajstić information content (AvgIpc) is 2.76. The molecule has 138 valence electrons. The molecule has 0 aliphatic carbocycles. The maximum atomic E-state index is 13.8. The molecule has 3 aliphatic rings. The molecule has 2 saturated heterocycles. The van der Waals surface area contributed by atoms with Crippen molar-refractivity contribution in [3.63, 3.8) is 0 Å². The van der Waals surface area contributed by atoms with Crippen LogP contribution in [0.1, 0.15) is 13.8 Å². The van der Waals surface area contributed by atoms with Gasteiger partial charge in [0.15, 0.2) is 0 Å². The van der Waals surface area contributed by atoms with E-state index in [0.29, 0.717) is 18.8 Å². The molecule has 0 saturated carbocycles. The third-order valence-electron chi connectivity index (χ3n) is 4.23. The van der Waals surface area contributed by atoms with Crippen LogP contribution in [-0.2, 0) is 23.9 Å². The Labute approximate surface area is 143 Å². The number of nitrogens with one attached hydrogen (secondary N) is 1. The lowest BCUT2D eigenvalue weighted by atomic mass is 9.99. The van der Waals surface area contributed by atoms with Crippen LogP contribution in [0.15, 0.2) is 11.6 Å². The van der Waals surface area contributed by atoms with Crippen molar-refractivity contribution >= 4 is 17.9 Å². The van der Waals surface area contributed by atoms with Gasteiger partial charge in [0.1, 0.15) is 6.04 Å². The number of alkyl halides is 1. The van der Waals surface area contributed by atoms with Crippen molar-refractivity contribution < 1.29 is 33.1 Å². The highest BCUT2D eigenvalue weighted by atomic mass is 19.1. The Bertz CT molecular complexity index is 608. The van der Waals surface area contributed by atoms with E-state index < -0.39 is 30.4 Å². The van der Waals surface area contributed by atoms with Gasteiger partial charge in [0, 0.05) is 0 Å². The first-order valence-electron chi connectivity index (χ1n) is 8.06. The molecule has 25 heavy (non-hydrogen) atoms. The molecular formula is C15H20FN3O6. The molecule has 1 unspecified atom stereocenters. The standard InChI is InChI=1S/C15H20FN3O6/c1-3-24-14(21)12(16)25-19-10-4-8(2)11(18(5-10)15(19)22)13(20)17-9-6-23-7-9/h4,9-12H,3,5-7H2,1-2H3,(H,17,20)/t10?,11-,12+/m0/s1. The molecule has 3 aliphatic heterocycles. The maximum Gasteiger partial charge on any atom is 0.370 e. The molecule has 3 heterocycles. The van der Waals surface area contributed by atoms with Gasteiger partial charge in [-0.05, 0) is 19.4 Å². The molecule has 3 atom stereocenters. The second-order valence-electron chi connectivity index (χ2n) is 6.06. The number of hydrogen-bond donors (Lipinski definition) is 1. The molecule has 3 rings (SSSR count). The first-order valence-corrected chi connectivity index (χ1v) is 8.06. The van der Waals surface area contributed by atoms with Gasteiger partial charge in [-0.15, -0.1) is 0 Å². The maximum absolute atomic E-state index is 13.8. The number of hydroxylamine groups is 2. The number of ether oxygens (including phenoxy) is 2. The largest absolute Gasteiger partial charge is 0.462 e. The van der Waals surface area contributed by atoms with E-state index in [4.69, 9.17) is 9.57 Å². The molecule has 2 bridgehead atoms. The highest BCUT2D eigenvalue weighted by Gasteiger charge is 2.49. The molecule has 3 amide bonds. The lowest BCUT2D eigenvalue weighted by molar-refractivity contribution is -0.223. The molecule has 9 nitrogen and oxygen atoms in total. The number of esters is 1. The summed E-state index contributed by atoms with van der Waals surface area (Å²) < 4.78 is 23.4. The van der Waals surface area contributed by atoms with Crippen LogP contribution in [-0.4, -0.2) is 78.7 Å². The minimum Gasteiger partial charge on any atom is -0.462 e. The summed E-state index contributed by atoms with van der Waals surface area (Å²) in [6.07, 6.45) is -0.738. The number of hydrogen-bond acceptors (Lipinski definition) is 6. The molecule has 0 radical (unpaired) electrons. The molecular weight excluding hydrogens is 337 g/mol. The van der Waals surface area contributed by atoms with E-state index in [-0.39, 0.29) is 25.1 Å². The Morgan fingerprint density at radius 1 is 1.48 bits per heavy atom. The summed E-state index contributed by atoms with van der Waals surface area (Å²) in [5.74, 6) is -1.52. The quantitative estimate of drug-likeness (QED) is 0.519. The van der Waals surface area contributed by atoms with E-state index in [9.17, 15) is 18.8 Å². The fraction of sp³-hybridized carbons (Fsp3) is 0.667. The summed E-state index contributed by atoms with van der Waals surface area (Å²) in [6.45, 7) is 4.30. The first-order chi connectivity index (χ1) is 11.9. The summed E-state index contributed by atoms with van der Waals surface area (Å²) >= 11 is 0. The number of carbonyl (C=O) groups excluding carboxylic acids is 3. The summed E-state index contributed by atoms with van der Waals surface area (Å²) in [5, 5.41) is 3.59. The Balaban J connectivity index is 1.68. The predicted octanol–water partition coefficient (Wildman–Crippen LogP) is -0.274. The molecule has 10 heteroatoms. The number of urea groups is 1. The fourth-order valence-electron chi connectivity index (χ4n) is 3.02. The average molecular weight is 357 g/mol. The number of fused-ring (bicyclic) bond motifs is 2. The molecule has 0 aromatic rings. The van der Waals surface area contributed by atoms with Gasteiger partial charge < -0.3 is 19.7 Å². The first kappa shape index (κ1) is 17.6. The highest BCUT2D eigenvalue weighted by molar-refractivity contribution is 5.91. The number of nitrogens with zero attached hydrogens (tertiary/aromatic N) is 2. The Hall–Kier alpha value is -2.20. The Morgan fingerprint density at radius 2 is 2.20 bits per heavy atom. The number of carbonyl (C=O) groups is 3. The summed E-state index contributed by atoms with van der Waals surface area (Å²) in [5.41, 5.74) is 0.653. The van der Waals surface area contributed by atoms with E-state index >= 15 is 0 Å². The van der Waals surface area contributed by atoms with Gasteiger partial charge in [0.05, 0.1) is 38.4 Å². The van der Waals surface area contributed by atoms with Crippen LogP contribution in [0.4, 0.5) is 9.18 Å². The molecule has 0 aromatic heterocycles. The molecule has 0 spiro atoms. The van der Waals surface area contributed by atoms with Gasteiger partial charge in [-0.3, -0.25) is 4.79 Å². The van der Waals surface area contributed by atoms with Gasteiger partial charge in [0.25, 0.3) is 0 Å². The third kappa shape index (κ3) is 3.31. The van der Waals surface area contributed by atoms with Gasteiger partial charge in [-0.1, -0.05) is 6.08 Å². The van der Waals surface area contributed by atoms with Crippen LogP contribution in [0.3, 0.4) is 0 Å². The van der Waals surface area contributed by atoms with E-state index in [1.54, 1.807) is 13.0 Å². The van der Waals surface area contributed by atoms with Gasteiger partial charge >= 0.3 is 18.4 Å². The van der Waals surface area contributed by atoms with Crippen molar-refractivity contribution in [2.24, 2.45) is 0 Å². The zero-order chi connectivity index (χ0) is 18.1. The number of amides is 3. The minimum atomic E-state index is -2.41. The van der Waals surface area contributed by atoms with Crippen LogP contribution < -0.4 is 5.32 Å². The van der Waals surface area contributed by atoms with Crippen molar-refractivity contribution in [1.82, 2.24) is 15.3 Å². The van der Waals surface area contributed by atoms with Crippen LogP contribution >= 0.6 is 0 Å². The summed E-state index contributed by atoms with van der Waals surface area (Å²) in [6, 6.07) is -2.10. The Kier molecular flexibility index (Phi) is 4.91. The lowest BCUT2D eigenvalue weighted by Crippen LogP contribution is -2.56. The highest BCUT2D eigenvalue weighted by Crippen LogP contribution is 2.30. The lowest BCUT2D eigenvalue weighted by Gasteiger charge is -2.33. The second kappa shape index (κ2) is 6.96. The smallest absolute Gasteiger partial charge is 0.370 e. The minimum absolute atomic E-state index is 0.00174. The predicted molar refractivity (Wildman–Crippen MR) is 80.6 cm³/mol. The van der Waals surface area contributed by atoms with Crippen molar-refractivity contribution in [2.75, 3.05) is 26.4 Å². The molecule has 1 N–H and O–H groups in total. The zero-order valence-electron chi connectivity index (χ0n) is 13.9. The van der Waals surface area contributed by atoms with Gasteiger partial charge in [-0.2, -0.15) is 5.06 Å². The van der Waals surface area contributed by atoms with E-state index in [1.165, 1.54) is 11.8 Å². The van der Waals surface area contributed by atoms with Crippen molar-refractivity contribution in [2.45, 2.75) is 38.3 Å². The van der Waals surface area contributed by atoms with E-state index in [2.05, 4.69) is 10.1 Å². The topological polar surface area (TPSA) is 97.4 Å². The third-order valence-corrected chi connectivity index (χ3v) is 4.23. The van der Waals surface area contributed by atoms with E-state index in [1.807, 2.05) is 0 Å². The van der Waals surface area contributed by atoms with Gasteiger partial charge in [-0.25, -0.2) is 18.8 Å². The normalized spacial score (nSPS) is 26.8. The van der Waals surface area contributed by atoms with Crippen molar-refractivity contribution in [3.05, 3.63) is 11.6 Å². The monoisotopic (exact) mass is 357 g/mol. The van der Waals surface area contributed by atoms with E-state index in [0.717, 1.165) is 5.06 Å². The fourth-order valence-corrected chi connectivity index (χ4v) is 3.02. The zero-order valence-corrected chi connectivity index (χ0v) is 13.9. The summed E-state index contributed by atoms with van der Waals surface area (Å²) in [7, 11) is 0. The van der Waals surface area contributed by atoms with Crippen LogP contribution in [0, 0.1) is 0 Å². The summed E-state index contributed by atoms with van der Waals surface area (Å²) in [4.78, 5) is 42.5. The van der Waals surface area contributed by atoms with Crippen LogP contribution in [0.25, 0.3) is 0 Å². The van der Waals surface area contributed by atoms with Crippen LogP contribution in [0.5, 0.6) is 0 Å². The van der Waals surface area contributed by atoms with Crippen molar-refractivity contribution in [1.29, 1.82) is 0 Å². The number of rotatable bonds is 6. The Morgan fingerprint density at radius 3 is 2.80 bits per heavy atom.